The van der Waals surface area contributed by atoms with Crippen LogP contribution in [0.3, 0.4) is 0 Å². The van der Waals surface area contributed by atoms with Gasteiger partial charge in [0.1, 0.15) is 0 Å². The maximum atomic E-state index is 12.1. The number of hydrogen-bond donors (Lipinski definition) is 1. The Labute approximate surface area is 113 Å². The van der Waals surface area contributed by atoms with Crippen LogP contribution in [0.15, 0.2) is 0 Å². The highest BCUT2D eigenvalue weighted by Gasteiger charge is 2.35. The van der Waals surface area contributed by atoms with E-state index < -0.39 is 0 Å². The molecule has 0 bridgehead atoms. The lowest BCUT2D eigenvalue weighted by Crippen LogP contribution is -2.53. The number of nitrogens with one attached hydrogen (secondary N) is 1. The first kappa shape index (κ1) is 13.4. The van der Waals surface area contributed by atoms with Crippen LogP contribution < -0.4 is 5.32 Å². The molecule has 1 N–H and O–H groups in total. The Kier molecular flexibility index (Phi) is 4.51. The third-order valence-electron chi connectivity index (χ3n) is 4.45. The van der Waals surface area contributed by atoms with E-state index in [0.717, 1.165) is 30.5 Å². The zero-order chi connectivity index (χ0) is 12.3. The summed E-state index contributed by atoms with van der Waals surface area (Å²) < 4.78 is 0. The Bertz CT molecular complexity index is 277. The van der Waals surface area contributed by atoms with E-state index in [1.807, 2.05) is 0 Å². The summed E-state index contributed by atoms with van der Waals surface area (Å²) in [4.78, 5) is 12.1. The maximum absolute atomic E-state index is 12.1. The predicted octanol–water partition coefficient (Wildman–Crippen LogP) is 3.64. The van der Waals surface area contributed by atoms with Gasteiger partial charge in [-0.3, -0.25) is 4.79 Å². The molecule has 2 nitrogen and oxygen atoms in total. The monoisotopic (exact) mass is 301 g/mol. The van der Waals surface area contributed by atoms with Crippen molar-refractivity contribution in [3.05, 3.63) is 0 Å². The van der Waals surface area contributed by atoms with Crippen LogP contribution in [0, 0.1) is 11.8 Å². The van der Waals surface area contributed by atoms with Gasteiger partial charge in [-0.25, -0.2) is 0 Å². The van der Waals surface area contributed by atoms with Gasteiger partial charge >= 0.3 is 0 Å². The lowest BCUT2D eigenvalue weighted by atomic mass is 9.77. The minimum absolute atomic E-state index is 0.0402. The third kappa shape index (κ3) is 3.46. The lowest BCUT2D eigenvalue weighted by molar-refractivity contribution is -0.124. The van der Waals surface area contributed by atoms with Crippen LogP contribution in [0.2, 0.25) is 0 Å². The van der Waals surface area contributed by atoms with Crippen molar-refractivity contribution in [2.45, 2.75) is 63.8 Å². The number of hydrogen-bond acceptors (Lipinski definition) is 1. The van der Waals surface area contributed by atoms with Gasteiger partial charge in [0.25, 0.3) is 0 Å². The van der Waals surface area contributed by atoms with Crippen LogP contribution in [0.4, 0.5) is 0 Å². The second kappa shape index (κ2) is 5.73. The Morgan fingerprint density at radius 3 is 2.65 bits per heavy atom. The Balaban J connectivity index is 1.86. The van der Waals surface area contributed by atoms with Crippen molar-refractivity contribution >= 4 is 21.8 Å². The topological polar surface area (TPSA) is 29.1 Å². The highest BCUT2D eigenvalue weighted by atomic mass is 79.9. The van der Waals surface area contributed by atoms with E-state index in [1.54, 1.807) is 0 Å². The fraction of sp³-hybridized carbons (Fsp3) is 0.929. The van der Waals surface area contributed by atoms with Gasteiger partial charge < -0.3 is 5.32 Å². The molecule has 98 valence electrons. The second-order valence-electron chi connectivity index (χ2n) is 6.16. The predicted molar refractivity (Wildman–Crippen MR) is 74.3 cm³/mol. The number of carbonyl (C=O) groups excluding carboxylic acids is 1. The van der Waals surface area contributed by atoms with Crippen LogP contribution in [0.25, 0.3) is 0 Å². The molecule has 0 saturated heterocycles. The molecule has 0 aromatic heterocycles. The van der Waals surface area contributed by atoms with Crippen LogP contribution in [-0.2, 0) is 4.79 Å². The van der Waals surface area contributed by atoms with Gasteiger partial charge in [0.05, 0.1) is 0 Å². The number of carbonyl (C=O) groups is 1. The molecule has 0 radical (unpaired) electrons. The molecule has 1 amide bonds. The van der Waals surface area contributed by atoms with E-state index in [-0.39, 0.29) is 11.4 Å². The number of halogens is 1. The molecule has 17 heavy (non-hydrogen) atoms. The SMILES string of the molecule is CC1CCCC(CBr)(NC(=O)CC2CCC2)C1. The van der Waals surface area contributed by atoms with Crippen LogP contribution in [-0.4, -0.2) is 16.8 Å². The molecule has 2 rings (SSSR count). The summed E-state index contributed by atoms with van der Waals surface area (Å²) in [6.07, 6.45) is 9.41. The zero-order valence-corrected chi connectivity index (χ0v) is 12.4. The number of alkyl halides is 1. The summed E-state index contributed by atoms with van der Waals surface area (Å²) in [5.41, 5.74) is 0.0402. The first-order valence-electron chi connectivity index (χ1n) is 7.00. The molecule has 3 heteroatoms. The van der Waals surface area contributed by atoms with Crippen molar-refractivity contribution in [3.8, 4) is 0 Å². The van der Waals surface area contributed by atoms with E-state index in [2.05, 4.69) is 28.2 Å². The summed E-state index contributed by atoms with van der Waals surface area (Å²) >= 11 is 3.61. The van der Waals surface area contributed by atoms with Gasteiger partial charge in [-0.15, -0.1) is 0 Å². The standard InChI is InChI=1S/C14H24BrNO/c1-11-4-3-7-14(9-11,10-15)16-13(17)8-12-5-2-6-12/h11-12H,2-10H2,1H3,(H,16,17). The minimum atomic E-state index is 0.0402. The van der Waals surface area contributed by atoms with Crippen LogP contribution in [0.1, 0.15) is 58.3 Å². The molecule has 2 aliphatic rings. The lowest BCUT2D eigenvalue weighted by Gasteiger charge is -2.40. The molecule has 2 aliphatic carbocycles. The highest BCUT2D eigenvalue weighted by molar-refractivity contribution is 9.09. The van der Waals surface area contributed by atoms with Gasteiger partial charge in [-0.05, 0) is 37.5 Å². The number of amides is 1. The summed E-state index contributed by atoms with van der Waals surface area (Å²) in [6, 6.07) is 0. The molecule has 0 heterocycles. The third-order valence-corrected chi connectivity index (χ3v) is 5.52. The van der Waals surface area contributed by atoms with Gasteiger partial charge in [-0.1, -0.05) is 42.1 Å². The fourth-order valence-electron chi connectivity index (χ4n) is 3.23. The van der Waals surface area contributed by atoms with Crippen molar-refractivity contribution in [1.29, 1.82) is 0 Å². The van der Waals surface area contributed by atoms with Gasteiger partial charge in [-0.2, -0.15) is 0 Å². The smallest absolute Gasteiger partial charge is 0.220 e. The Hall–Kier alpha value is -0.0500. The van der Waals surface area contributed by atoms with E-state index in [4.69, 9.17) is 0 Å². The van der Waals surface area contributed by atoms with Crippen molar-refractivity contribution in [1.82, 2.24) is 5.32 Å². The molecule has 2 atom stereocenters. The van der Waals surface area contributed by atoms with Gasteiger partial charge in [0.15, 0.2) is 0 Å². The average molecular weight is 302 g/mol. The second-order valence-corrected chi connectivity index (χ2v) is 6.73. The molecule has 0 spiro atoms. The maximum Gasteiger partial charge on any atom is 0.220 e. The summed E-state index contributed by atoms with van der Waals surface area (Å²) in [6.45, 7) is 2.30. The fourth-order valence-corrected chi connectivity index (χ4v) is 3.88. The van der Waals surface area contributed by atoms with Crippen LogP contribution in [0.5, 0.6) is 0 Å². The molecule has 0 aliphatic heterocycles. The van der Waals surface area contributed by atoms with E-state index in [9.17, 15) is 4.79 Å². The first-order chi connectivity index (χ1) is 8.13. The molecule has 2 saturated carbocycles. The zero-order valence-electron chi connectivity index (χ0n) is 10.8. The molecule has 2 fully saturated rings. The molecule has 0 aromatic carbocycles. The number of rotatable bonds is 4. The molecule has 2 unspecified atom stereocenters. The van der Waals surface area contributed by atoms with Crippen molar-refractivity contribution in [2.75, 3.05) is 5.33 Å². The van der Waals surface area contributed by atoms with Crippen LogP contribution >= 0.6 is 15.9 Å². The largest absolute Gasteiger partial charge is 0.350 e. The highest BCUT2D eigenvalue weighted by Crippen LogP contribution is 2.34. The van der Waals surface area contributed by atoms with Crippen molar-refractivity contribution in [3.63, 3.8) is 0 Å². The van der Waals surface area contributed by atoms with E-state index in [0.29, 0.717) is 5.92 Å². The summed E-state index contributed by atoms with van der Waals surface area (Å²) in [5.74, 6) is 1.69. The van der Waals surface area contributed by atoms with Gasteiger partial charge in [0, 0.05) is 17.3 Å². The summed E-state index contributed by atoms with van der Waals surface area (Å²) in [5, 5.41) is 4.23. The molecular formula is C14H24BrNO. The minimum Gasteiger partial charge on any atom is -0.350 e. The normalized spacial score (nSPS) is 34.1. The summed E-state index contributed by atoms with van der Waals surface area (Å²) in [7, 11) is 0. The quantitative estimate of drug-likeness (QED) is 0.789. The Morgan fingerprint density at radius 1 is 1.35 bits per heavy atom. The van der Waals surface area contributed by atoms with E-state index >= 15 is 0 Å². The van der Waals surface area contributed by atoms with Gasteiger partial charge in [0.2, 0.25) is 5.91 Å². The molecule has 0 aromatic rings. The first-order valence-corrected chi connectivity index (χ1v) is 8.13. The van der Waals surface area contributed by atoms with Crippen molar-refractivity contribution < 1.29 is 4.79 Å². The average Bonchev–Trinajstić information content (AvgIpc) is 2.23. The van der Waals surface area contributed by atoms with E-state index in [1.165, 1.54) is 32.1 Å². The van der Waals surface area contributed by atoms with Crippen molar-refractivity contribution in [2.24, 2.45) is 11.8 Å². The molecular weight excluding hydrogens is 278 g/mol. The Morgan fingerprint density at radius 2 is 2.12 bits per heavy atom.